The average Bonchev–Trinajstić information content (AvgIpc) is 2.97. The summed E-state index contributed by atoms with van der Waals surface area (Å²) in [6, 6.07) is 17.7. The van der Waals surface area contributed by atoms with E-state index in [-0.39, 0.29) is 5.78 Å². The van der Waals surface area contributed by atoms with Gasteiger partial charge in [-0.1, -0.05) is 64.5 Å². The van der Waals surface area contributed by atoms with Crippen molar-refractivity contribution in [1.82, 2.24) is 0 Å². The molecule has 0 saturated heterocycles. The summed E-state index contributed by atoms with van der Waals surface area (Å²) in [5.74, 6) is 0.126. The molecule has 1 nitrogen and oxygen atoms in total. The lowest BCUT2D eigenvalue weighted by Crippen LogP contribution is -1.98. The zero-order valence-corrected chi connectivity index (χ0v) is 10.3. The Hall–Kier alpha value is -1.41. The van der Waals surface area contributed by atoms with E-state index < -0.39 is 0 Å². The molecule has 0 unspecified atom stereocenters. The Labute approximate surface area is 103 Å². The number of carbonyl (C=O) groups is 1. The van der Waals surface area contributed by atoms with Crippen LogP contribution in [0.5, 0.6) is 0 Å². The Balaban J connectivity index is 0.000000134. The Morgan fingerprint density at radius 2 is 1.56 bits per heavy atom. The first-order valence-corrected chi connectivity index (χ1v) is 6.18. The molecule has 2 aliphatic rings. The van der Waals surface area contributed by atoms with Gasteiger partial charge in [0.15, 0.2) is 5.78 Å². The van der Waals surface area contributed by atoms with Gasteiger partial charge in [0, 0.05) is 5.56 Å². The van der Waals surface area contributed by atoms with Crippen LogP contribution < -0.4 is 0 Å². The molecule has 2 heteroatoms. The standard InChI is InChI=1S/C8H7BrO.C6H4/c9-6-8(10)7-4-2-1-3-5-7;1-2-5-4-6(5)3-1/h1-5H,6H2;1-4H. The minimum Gasteiger partial charge on any atom is -0.293 e. The summed E-state index contributed by atoms with van der Waals surface area (Å²) in [5, 5.41) is 0.400. The van der Waals surface area contributed by atoms with Crippen molar-refractivity contribution >= 4 is 21.7 Å². The smallest absolute Gasteiger partial charge is 0.173 e. The second kappa shape index (κ2) is 5.08. The van der Waals surface area contributed by atoms with Crippen LogP contribution in [-0.2, 0) is 0 Å². The summed E-state index contributed by atoms with van der Waals surface area (Å²) in [6.45, 7) is 0. The van der Waals surface area contributed by atoms with Gasteiger partial charge in [0.2, 0.25) is 0 Å². The molecule has 0 spiro atoms. The summed E-state index contributed by atoms with van der Waals surface area (Å²) in [4.78, 5) is 11.0. The van der Waals surface area contributed by atoms with Gasteiger partial charge < -0.3 is 0 Å². The lowest BCUT2D eigenvalue weighted by Gasteiger charge is -1.92. The van der Waals surface area contributed by atoms with Gasteiger partial charge in [0.25, 0.3) is 0 Å². The molecule has 0 bridgehead atoms. The highest BCUT2D eigenvalue weighted by Crippen LogP contribution is 2.32. The highest BCUT2D eigenvalue weighted by molar-refractivity contribution is 9.09. The molecule has 0 aliphatic heterocycles. The fourth-order valence-electron chi connectivity index (χ4n) is 1.38. The van der Waals surface area contributed by atoms with Crippen molar-refractivity contribution in [3.05, 3.63) is 60.2 Å². The first kappa shape index (κ1) is 11.1. The van der Waals surface area contributed by atoms with E-state index in [1.54, 1.807) is 0 Å². The Kier molecular flexibility index (Phi) is 3.52. The molecule has 0 aromatic heterocycles. The lowest BCUT2D eigenvalue weighted by atomic mass is 10.2. The number of ketones is 1. The van der Waals surface area contributed by atoms with Crippen molar-refractivity contribution in [2.75, 3.05) is 5.33 Å². The van der Waals surface area contributed by atoms with Gasteiger partial charge in [0.05, 0.1) is 5.33 Å². The second-order valence-corrected chi connectivity index (χ2v) is 4.06. The predicted molar refractivity (Wildman–Crippen MR) is 70.0 cm³/mol. The average molecular weight is 275 g/mol. The first-order chi connectivity index (χ1) is 7.81. The molecule has 1 aromatic carbocycles. The molecular weight excluding hydrogens is 264 g/mol. The minimum absolute atomic E-state index is 0.126. The van der Waals surface area contributed by atoms with Crippen molar-refractivity contribution < 1.29 is 4.79 Å². The van der Waals surface area contributed by atoms with Gasteiger partial charge in [-0.25, -0.2) is 0 Å². The molecule has 0 radical (unpaired) electrons. The molecule has 80 valence electrons. The van der Waals surface area contributed by atoms with Crippen LogP contribution in [-0.4, -0.2) is 11.1 Å². The van der Waals surface area contributed by atoms with Gasteiger partial charge in [-0.2, -0.15) is 0 Å². The Bertz CT molecular complexity index is 474. The van der Waals surface area contributed by atoms with Crippen molar-refractivity contribution in [1.29, 1.82) is 0 Å². The molecule has 3 rings (SSSR count). The van der Waals surface area contributed by atoms with Crippen LogP contribution in [0.1, 0.15) is 10.4 Å². The van der Waals surface area contributed by atoms with Gasteiger partial charge >= 0.3 is 0 Å². The number of carbonyl (C=O) groups excluding carboxylic acids is 1. The highest BCUT2D eigenvalue weighted by Gasteiger charge is 2.06. The number of benzene rings is 2. The maximum atomic E-state index is 11.0. The van der Waals surface area contributed by atoms with Crippen LogP contribution in [0.4, 0.5) is 0 Å². The van der Waals surface area contributed by atoms with Gasteiger partial charge in [-0.15, -0.1) is 0 Å². The van der Waals surface area contributed by atoms with Crippen LogP contribution in [0, 0.1) is 0 Å². The van der Waals surface area contributed by atoms with E-state index >= 15 is 0 Å². The molecule has 2 aliphatic carbocycles. The molecule has 0 amide bonds. The quantitative estimate of drug-likeness (QED) is 0.511. The van der Waals surface area contributed by atoms with Crippen molar-refractivity contribution in [2.24, 2.45) is 0 Å². The SMILES string of the molecule is O=C(CBr)c1ccccc1.c1cc2cc-2c1. The van der Waals surface area contributed by atoms with Gasteiger partial charge in [-0.3, -0.25) is 4.79 Å². The first-order valence-electron chi connectivity index (χ1n) is 5.06. The molecular formula is C14H11BrO. The zero-order chi connectivity index (χ0) is 11.4. The lowest BCUT2D eigenvalue weighted by molar-refractivity contribution is 0.102. The largest absolute Gasteiger partial charge is 0.293 e. The second-order valence-electron chi connectivity index (χ2n) is 3.50. The summed E-state index contributed by atoms with van der Waals surface area (Å²) in [7, 11) is 0. The van der Waals surface area contributed by atoms with E-state index in [1.807, 2.05) is 30.3 Å². The maximum Gasteiger partial charge on any atom is 0.173 e. The van der Waals surface area contributed by atoms with E-state index in [0.29, 0.717) is 5.33 Å². The number of fused-ring (bicyclic) bond motifs is 1. The highest BCUT2D eigenvalue weighted by atomic mass is 79.9. The van der Waals surface area contributed by atoms with Crippen molar-refractivity contribution in [2.45, 2.75) is 0 Å². The topological polar surface area (TPSA) is 17.1 Å². The number of hydrogen-bond acceptors (Lipinski definition) is 1. The number of hydrogen-bond donors (Lipinski definition) is 0. The third kappa shape index (κ3) is 2.80. The third-order valence-electron chi connectivity index (χ3n) is 2.33. The molecule has 1 aromatic rings. The van der Waals surface area contributed by atoms with Gasteiger partial charge in [0.1, 0.15) is 0 Å². The maximum absolute atomic E-state index is 11.0. The summed E-state index contributed by atoms with van der Waals surface area (Å²) in [6.07, 6.45) is 0. The number of halogens is 1. The molecule has 0 fully saturated rings. The van der Waals surface area contributed by atoms with E-state index in [1.165, 1.54) is 11.1 Å². The molecule has 0 atom stereocenters. The molecule has 0 N–H and O–H groups in total. The zero-order valence-electron chi connectivity index (χ0n) is 8.69. The fourth-order valence-corrected chi connectivity index (χ4v) is 1.70. The van der Waals surface area contributed by atoms with Crippen molar-refractivity contribution in [3.63, 3.8) is 0 Å². The monoisotopic (exact) mass is 274 g/mol. The molecule has 0 saturated carbocycles. The van der Waals surface area contributed by atoms with E-state index in [4.69, 9.17) is 0 Å². The van der Waals surface area contributed by atoms with Gasteiger partial charge in [-0.05, 0) is 17.2 Å². The third-order valence-corrected chi connectivity index (χ3v) is 2.84. The normalized spacial score (nSPS) is 10.1. The summed E-state index contributed by atoms with van der Waals surface area (Å²) < 4.78 is 0. The summed E-state index contributed by atoms with van der Waals surface area (Å²) in [5.41, 5.74) is 3.62. The summed E-state index contributed by atoms with van der Waals surface area (Å²) >= 11 is 3.10. The Morgan fingerprint density at radius 3 is 1.94 bits per heavy atom. The van der Waals surface area contributed by atoms with Crippen molar-refractivity contribution in [3.8, 4) is 11.1 Å². The molecule has 0 heterocycles. The van der Waals surface area contributed by atoms with Crippen LogP contribution in [0.25, 0.3) is 11.1 Å². The van der Waals surface area contributed by atoms with Crippen LogP contribution >= 0.6 is 15.9 Å². The predicted octanol–water partition coefficient (Wildman–Crippen LogP) is 3.93. The van der Waals surface area contributed by atoms with Crippen LogP contribution in [0.15, 0.2) is 54.6 Å². The number of rotatable bonds is 2. The minimum atomic E-state index is 0.126. The van der Waals surface area contributed by atoms with E-state index in [0.717, 1.165) is 5.56 Å². The number of Topliss-reactive ketones (excluding diaryl/α,β-unsaturated/α-hetero) is 1. The van der Waals surface area contributed by atoms with E-state index in [9.17, 15) is 4.79 Å². The number of alkyl halides is 1. The fraction of sp³-hybridized carbons (Fsp3) is 0.0714. The Morgan fingerprint density at radius 1 is 0.938 bits per heavy atom. The van der Waals surface area contributed by atoms with Crippen LogP contribution in [0.2, 0.25) is 0 Å². The van der Waals surface area contributed by atoms with E-state index in [2.05, 4.69) is 40.2 Å². The molecule has 16 heavy (non-hydrogen) atoms. The van der Waals surface area contributed by atoms with Crippen LogP contribution in [0.3, 0.4) is 0 Å².